The molecule has 2 heterocycles. The molecule has 2 rings (SSSR count). The van der Waals surface area contributed by atoms with E-state index in [4.69, 9.17) is 0 Å². The quantitative estimate of drug-likeness (QED) is 0.804. The first-order valence-corrected chi connectivity index (χ1v) is 7.61. The third-order valence-electron chi connectivity index (χ3n) is 3.11. The second-order valence-electron chi connectivity index (χ2n) is 4.53. The van der Waals surface area contributed by atoms with Crippen molar-refractivity contribution >= 4 is 23.3 Å². The predicted octanol–water partition coefficient (Wildman–Crippen LogP) is 2.35. The van der Waals surface area contributed by atoms with E-state index in [0.29, 0.717) is 19.0 Å². The van der Waals surface area contributed by atoms with Gasteiger partial charge in [-0.1, -0.05) is 6.07 Å². The SMILES string of the molecule is C[C@H](c1cccs1)N(C)C(=O)NCCNc1ncccn1. The largest absolute Gasteiger partial charge is 0.352 e. The molecule has 0 aliphatic rings. The van der Waals surface area contributed by atoms with Gasteiger partial charge in [0.2, 0.25) is 5.95 Å². The van der Waals surface area contributed by atoms with Crippen molar-refractivity contribution in [2.24, 2.45) is 0 Å². The summed E-state index contributed by atoms with van der Waals surface area (Å²) in [5.41, 5.74) is 0. The minimum atomic E-state index is -0.0910. The van der Waals surface area contributed by atoms with Crippen LogP contribution >= 0.6 is 11.3 Å². The van der Waals surface area contributed by atoms with Gasteiger partial charge in [-0.05, 0) is 24.4 Å². The van der Waals surface area contributed by atoms with Crippen molar-refractivity contribution < 1.29 is 4.79 Å². The van der Waals surface area contributed by atoms with E-state index in [-0.39, 0.29) is 12.1 Å². The third kappa shape index (κ3) is 4.42. The minimum absolute atomic E-state index is 0.0652. The molecule has 0 fully saturated rings. The summed E-state index contributed by atoms with van der Waals surface area (Å²) in [5, 5.41) is 7.93. The normalized spacial score (nSPS) is 11.7. The number of thiophene rings is 1. The molecule has 6 nitrogen and oxygen atoms in total. The van der Waals surface area contributed by atoms with Crippen molar-refractivity contribution in [2.45, 2.75) is 13.0 Å². The number of hydrogen-bond acceptors (Lipinski definition) is 5. The highest BCUT2D eigenvalue weighted by molar-refractivity contribution is 7.10. The fourth-order valence-corrected chi connectivity index (χ4v) is 2.58. The molecule has 2 aromatic rings. The van der Waals surface area contributed by atoms with Gasteiger partial charge in [0.15, 0.2) is 0 Å². The summed E-state index contributed by atoms with van der Waals surface area (Å²) in [6.45, 7) is 3.11. The molecule has 2 aromatic heterocycles. The number of nitrogens with zero attached hydrogens (tertiary/aromatic N) is 3. The molecule has 0 aliphatic carbocycles. The van der Waals surface area contributed by atoms with E-state index in [0.717, 1.165) is 0 Å². The summed E-state index contributed by atoms with van der Waals surface area (Å²) in [4.78, 5) is 23.0. The molecule has 0 bridgehead atoms. The van der Waals surface area contributed by atoms with Gasteiger partial charge in [0.1, 0.15) is 0 Å². The molecule has 2 amide bonds. The van der Waals surface area contributed by atoms with Gasteiger partial charge in [-0.15, -0.1) is 11.3 Å². The topological polar surface area (TPSA) is 70.2 Å². The second-order valence-corrected chi connectivity index (χ2v) is 5.51. The number of nitrogens with one attached hydrogen (secondary N) is 2. The molecule has 7 heteroatoms. The Morgan fingerprint density at radius 3 is 2.76 bits per heavy atom. The van der Waals surface area contributed by atoms with Gasteiger partial charge in [0.25, 0.3) is 0 Å². The van der Waals surface area contributed by atoms with Crippen LogP contribution < -0.4 is 10.6 Å². The van der Waals surface area contributed by atoms with Crippen LogP contribution in [0.15, 0.2) is 36.0 Å². The number of amides is 2. The van der Waals surface area contributed by atoms with Crippen LogP contribution in [0.25, 0.3) is 0 Å². The van der Waals surface area contributed by atoms with Crippen LogP contribution in [0, 0.1) is 0 Å². The number of urea groups is 1. The monoisotopic (exact) mass is 305 g/mol. The Hall–Kier alpha value is -2.15. The predicted molar refractivity (Wildman–Crippen MR) is 84.4 cm³/mol. The van der Waals surface area contributed by atoms with E-state index in [2.05, 4.69) is 20.6 Å². The standard InChI is InChI=1S/C14H19N5OS/c1-11(12-5-3-10-21-12)19(2)14(20)18-9-8-17-13-15-6-4-7-16-13/h3-7,10-11H,8-9H2,1-2H3,(H,18,20)(H,15,16,17)/t11-/m1/s1. The Bertz CT molecular complexity index is 546. The molecule has 0 saturated carbocycles. The van der Waals surface area contributed by atoms with Crippen molar-refractivity contribution in [3.63, 3.8) is 0 Å². The number of carbonyl (C=O) groups is 1. The summed E-state index contributed by atoms with van der Waals surface area (Å²) in [6, 6.07) is 5.76. The maximum absolute atomic E-state index is 12.1. The van der Waals surface area contributed by atoms with Gasteiger partial charge in [0.05, 0.1) is 6.04 Å². The Morgan fingerprint density at radius 2 is 2.10 bits per heavy atom. The van der Waals surface area contributed by atoms with Crippen LogP contribution in [-0.2, 0) is 0 Å². The Kier molecular flexibility index (Phi) is 5.51. The van der Waals surface area contributed by atoms with Crippen LogP contribution in [0.1, 0.15) is 17.8 Å². The van der Waals surface area contributed by atoms with Crippen LogP contribution in [0.2, 0.25) is 0 Å². The summed E-state index contributed by atoms with van der Waals surface area (Å²) in [6.07, 6.45) is 3.34. The Balaban J connectivity index is 1.72. The second kappa shape index (κ2) is 7.58. The number of anilines is 1. The molecule has 0 aromatic carbocycles. The highest BCUT2D eigenvalue weighted by Gasteiger charge is 2.17. The molecule has 0 radical (unpaired) electrons. The summed E-state index contributed by atoms with van der Waals surface area (Å²) >= 11 is 1.65. The molecule has 0 spiro atoms. The average molecular weight is 305 g/mol. The first kappa shape index (κ1) is 15.2. The number of aromatic nitrogens is 2. The Labute approximate surface area is 128 Å². The van der Waals surface area contributed by atoms with Gasteiger partial charge in [-0.2, -0.15) is 0 Å². The summed E-state index contributed by atoms with van der Waals surface area (Å²) in [5.74, 6) is 0.562. The van der Waals surface area contributed by atoms with Gasteiger partial charge in [-0.25, -0.2) is 14.8 Å². The lowest BCUT2D eigenvalue weighted by Gasteiger charge is -2.24. The number of rotatable bonds is 6. The number of carbonyl (C=O) groups excluding carboxylic acids is 1. The molecule has 0 aliphatic heterocycles. The van der Waals surface area contributed by atoms with Gasteiger partial charge >= 0.3 is 6.03 Å². The van der Waals surface area contributed by atoms with Crippen molar-refractivity contribution in [1.82, 2.24) is 20.2 Å². The van der Waals surface area contributed by atoms with Crippen molar-refractivity contribution in [2.75, 3.05) is 25.5 Å². The fraction of sp³-hybridized carbons (Fsp3) is 0.357. The molecule has 1 atom stereocenters. The lowest BCUT2D eigenvalue weighted by molar-refractivity contribution is 0.195. The van der Waals surface area contributed by atoms with E-state index < -0.39 is 0 Å². The molecule has 21 heavy (non-hydrogen) atoms. The minimum Gasteiger partial charge on any atom is -0.352 e. The van der Waals surface area contributed by atoms with E-state index in [1.165, 1.54) is 4.88 Å². The van der Waals surface area contributed by atoms with Crippen LogP contribution in [-0.4, -0.2) is 41.0 Å². The number of hydrogen-bond donors (Lipinski definition) is 2. The first-order valence-electron chi connectivity index (χ1n) is 6.73. The Morgan fingerprint density at radius 1 is 1.33 bits per heavy atom. The molecule has 112 valence electrons. The molecule has 0 saturated heterocycles. The first-order chi connectivity index (χ1) is 10.2. The molecular formula is C14H19N5OS. The van der Waals surface area contributed by atoms with E-state index in [1.807, 2.05) is 24.4 Å². The zero-order valence-electron chi connectivity index (χ0n) is 12.1. The highest BCUT2D eigenvalue weighted by Crippen LogP contribution is 2.23. The maximum Gasteiger partial charge on any atom is 0.317 e. The fourth-order valence-electron chi connectivity index (χ4n) is 1.75. The summed E-state index contributed by atoms with van der Waals surface area (Å²) < 4.78 is 0. The van der Waals surface area contributed by atoms with Crippen LogP contribution in [0.3, 0.4) is 0 Å². The van der Waals surface area contributed by atoms with Crippen molar-refractivity contribution in [1.29, 1.82) is 0 Å². The zero-order chi connectivity index (χ0) is 15.1. The lowest BCUT2D eigenvalue weighted by Crippen LogP contribution is -2.40. The van der Waals surface area contributed by atoms with Crippen molar-refractivity contribution in [3.05, 3.63) is 40.8 Å². The van der Waals surface area contributed by atoms with Gasteiger partial charge in [-0.3, -0.25) is 0 Å². The summed E-state index contributed by atoms with van der Waals surface area (Å²) in [7, 11) is 1.80. The van der Waals surface area contributed by atoms with E-state index >= 15 is 0 Å². The molecule has 0 unspecified atom stereocenters. The maximum atomic E-state index is 12.1. The third-order valence-corrected chi connectivity index (χ3v) is 4.15. The highest BCUT2D eigenvalue weighted by atomic mass is 32.1. The van der Waals surface area contributed by atoms with Crippen molar-refractivity contribution in [3.8, 4) is 0 Å². The lowest BCUT2D eigenvalue weighted by atomic mass is 10.2. The van der Waals surface area contributed by atoms with Crippen LogP contribution in [0.4, 0.5) is 10.7 Å². The molecule has 2 N–H and O–H groups in total. The zero-order valence-corrected chi connectivity index (χ0v) is 12.9. The smallest absolute Gasteiger partial charge is 0.317 e. The van der Waals surface area contributed by atoms with Crippen LogP contribution in [0.5, 0.6) is 0 Å². The van der Waals surface area contributed by atoms with Gasteiger partial charge < -0.3 is 15.5 Å². The van der Waals surface area contributed by atoms with E-state index in [9.17, 15) is 4.79 Å². The molecular weight excluding hydrogens is 286 g/mol. The van der Waals surface area contributed by atoms with E-state index in [1.54, 1.807) is 41.7 Å². The average Bonchev–Trinajstić information content (AvgIpc) is 3.05. The van der Waals surface area contributed by atoms with Gasteiger partial charge in [0, 0.05) is 37.4 Å².